The number of unbranched alkanes of at least 4 members (excludes halogenated alkanes) is 11. The minimum Gasteiger partial charge on any atom is -0.462 e. The lowest BCUT2D eigenvalue weighted by molar-refractivity contribution is 0.0447. The molecule has 4 heteroatoms. The van der Waals surface area contributed by atoms with E-state index in [1.807, 2.05) is 6.92 Å². The fraction of sp³-hybridized carbons (Fsp3) is 0.704. The Morgan fingerprint density at radius 2 is 1.23 bits per heavy atom. The molecular weight excluding hydrogens is 388 g/mol. The standard InChI is InChI=1S/C27H44O4/c1-4-6-7-8-9-10-11-12-13-14-15-16-20-30-26(28)24-18-17-19-25(21-24)27(29)31-22-23(3)5-2/h17-19,21,23H,4-16,20,22H2,1-3H3. The quantitative estimate of drug-likeness (QED) is 0.176. The molecule has 0 spiro atoms. The van der Waals surface area contributed by atoms with E-state index in [-0.39, 0.29) is 5.97 Å². The molecule has 0 radical (unpaired) electrons. The predicted octanol–water partition coefficient (Wildman–Crippen LogP) is 7.75. The summed E-state index contributed by atoms with van der Waals surface area (Å²) in [6.45, 7) is 7.18. The second-order valence-electron chi connectivity index (χ2n) is 8.72. The molecule has 0 saturated carbocycles. The summed E-state index contributed by atoms with van der Waals surface area (Å²) in [5.74, 6) is -0.441. The number of hydrogen-bond donors (Lipinski definition) is 0. The van der Waals surface area contributed by atoms with Crippen LogP contribution in [0.15, 0.2) is 24.3 Å². The van der Waals surface area contributed by atoms with Crippen molar-refractivity contribution in [2.45, 2.75) is 104 Å². The van der Waals surface area contributed by atoms with Gasteiger partial charge in [0.25, 0.3) is 0 Å². The molecule has 31 heavy (non-hydrogen) atoms. The average molecular weight is 433 g/mol. The van der Waals surface area contributed by atoms with Crippen molar-refractivity contribution in [1.82, 2.24) is 0 Å². The van der Waals surface area contributed by atoms with Crippen molar-refractivity contribution in [3.8, 4) is 0 Å². The summed E-state index contributed by atoms with van der Waals surface area (Å²) >= 11 is 0. The fourth-order valence-electron chi connectivity index (χ4n) is 3.38. The third-order valence-electron chi connectivity index (χ3n) is 5.76. The van der Waals surface area contributed by atoms with Crippen molar-refractivity contribution in [3.05, 3.63) is 35.4 Å². The summed E-state index contributed by atoms with van der Waals surface area (Å²) in [6.07, 6.45) is 16.3. The van der Waals surface area contributed by atoms with Gasteiger partial charge in [-0.05, 0) is 30.5 Å². The Hall–Kier alpha value is -1.84. The molecule has 1 rings (SSSR count). The number of carbonyl (C=O) groups is 2. The number of hydrogen-bond acceptors (Lipinski definition) is 4. The van der Waals surface area contributed by atoms with Gasteiger partial charge in [-0.1, -0.05) is 104 Å². The Labute approximate surface area is 190 Å². The van der Waals surface area contributed by atoms with Crippen LogP contribution in [0.4, 0.5) is 0 Å². The lowest BCUT2D eigenvalue weighted by Gasteiger charge is -2.10. The first-order valence-electron chi connectivity index (χ1n) is 12.5. The van der Waals surface area contributed by atoms with Gasteiger partial charge in [0.15, 0.2) is 0 Å². The first-order chi connectivity index (χ1) is 15.1. The smallest absolute Gasteiger partial charge is 0.338 e. The Bertz CT molecular complexity index is 611. The van der Waals surface area contributed by atoms with Gasteiger partial charge in [-0.3, -0.25) is 0 Å². The molecule has 176 valence electrons. The van der Waals surface area contributed by atoms with Crippen LogP contribution in [0.25, 0.3) is 0 Å². The molecule has 1 unspecified atom stereocenters. The summed E-state index contributed by atoms with van der Waals surface area (Å²) in [5.41, 5.74) is 0.792. The van der Waals surface area contributed by atoms with E-state index in [1.54, 1.807) is 24.3 Å². The SMILES string of the molecule is CCCCCCCCCCCCCCOC(=O)c1cccc(C(=O)OCC(C)CC)c1. The monoisotopic (exact) mass is 432 g/mol. The summed E-state index contributed by atoms with van der Waals surface area (Å²) in [7, 11) is 0. The van der Waals surface area contributed by atoms with Crippen LogP contribution >= 0.6 is 0 Å². The summed E-state index contributed by atoms with van der Waals surface area (Å²) in [4.78, 5) is 24.4. The van der Waals surface area contributed by atoms with E-state index in [2.05, 4.69) is 13.8 Å². The third-order valence-corrected chi connectivity index (χ3v) is 5.76. The van der Waals surface area contributed by atoms with Crippen LogP contribution in [0.3, 0.4) is 0 Å². The zero-order chi connectivity index (χ0) is 22.7. The van der Waals surface area contributed by atoms with Gasteiger partial charge < -0.3 is 9.47 Å². The molecule has 0 aliphatic heterocycles. The van der Waals surface area contributed by atoms with Crippen LogP contribution in [-0.2, 0) is 9.47 Å². The maximum atomic E-state index is 12.3. The van der Waals surface area contributed by atoms with E-state index in [0.717, 1.165) is 19.3 Å². The third kappa shape index (κ3) is 13.2. The topological polar surface area (TPSA) is 52.6 Å². The molecule has 1 aromatic carbocycles. The van der Waals surface area contributed by atoms with Crippen LogP contribution in [0.5, 0.6) is 0 Å². The van der Waals surface area contributed by atoms with E-state index in [9.17, 15) is 9.59 Å². The minimum absolute atomic E-state index is 0.327. The summed E-state index contributed by atoms with van der Waals surface area (Å²) in [6, 6.07) is 6.60. The molecule has 0 amide bonds. The van der Waals surface area contributed by atoms with Crippen LogP contribution in [0.2, 0.25) is 0 Å². The second-order valence-corrected chi connectivity index (χ2v) is 8.72. The lowest BCUT2D eigenvalue weighted by Crippen LogP contribution is -2.13. The number of rotatable bonds is 18. The van der Waals surface area contributed by atoms with E-state index in [0.29, 0.717) is 30.3 Å². The Balaban J connectivity index is 2.12. The van der Waals surface area contributed by atoms with Crippen LogP contribution in [0.1, 0.15) is 125 Å². The van der Waals surface area contributed by atoms with E-state index in [4.69, 9.17) is 9.47 Å². The Morgan fingerprint density at radius 1 is 0.742 bits per heavy atom. The Morgan fingerprint density at radius 3 is 1.74 bits per heavy atom. The van der Waals surface area contributed by atoms with E-state index in [1.165, 1.54) is 64.2 Å². The van der Waals surface area contributed by atoms with Gasteiger partial charge >= 0.3 is 11.9 Å². The molecule has 0 aliphatic rings. The van der Waals surface area contributed by atoms with Gasteiger partial charge in [-0.15, -0.1) is 0 Å². The first-order valence-corrected chi connectivity index (χ1v) is 12.5. The molecule has 0 fully saturated rings. The molecule has 0 heterocycles. The molecule has 0 aromatic heterocycles. The van der Waals surface area contributed by atoms with Gasteiger partial charge in [0.05, 0.1) is 24.3 Å². The van der Waals surface area contributed by atoms with Crippen molar-refractivity contribution in [1.29, 1.82) is 0 Å². The average Bonchev–Trinajstić information content (AvgIpc) is 2.80. The van der Waals surface area contributed by atoms with Crippen molar-refractivity contribution in [2.75, 3.05) is 13.2 Å². The van der Waals surface area contributed by atoms with Crippen molar-refractivity contribution in [2.24, 2.45) is 5.92 Å². The van der Waals surface area contributed by atoms with Crippen molar-refractivity contribution >= 4 is 11.9 Å². The maximum Gasteiger partial charge on any atom is 0.338 e. The Kier molecular flexibility index (Phi) is 15.6. The van der Waals surface area contributed by atoms with Crippen LogP contribution in [-0.4, -0.2) is 25.2 Å². The largest absolute Gasteiger partial charge is 0.462 e. The number of benzene rings is 1. The molecule has 1 atom stereocenters. The molecule has 0 N–H and O–H groups in total. The van der Waals surface area contributed by atoms with Gasteiger partial charge in [-0.25, -0.2) is 9.59 Å². The number of esters is 2. The first kappa shape index (κ1) is 27.2. The zero-order valence-corrected chi connectivity index (χ0v) is 20.1. The molecule has 0 saturated heterocycles. The van der Waals surface area contributed by atoms with Crippen molar-refractivity contribution in [3.63, 3.8) is 0 Å². The lowest BCUT2D eigenvalue weighted by atomic mass is 10.1. The highest BCUT2D eigenvalue weighted by molar-refractivity contribution is 5.95. The zero-order valence-electron chi connectivity index (χ0n) is 20.1. The van der Waals surface area contributed by atoms with Gasteiger partial charge in [0.1, 0.15) is 0 Å². The normalized spacial score (nSPS) is 11.8. The number of ether oxygens (including phenoxy) is 2. The fourth-order valence-corrected chi connectivity index (χ4v) is 3.38. The van der Waals surface area contributed by atoms with Gasteiger partial charge in [0.2, 0.25) is 0 Å². The van der Waals surface area contributed by atoms with Gasteiger partial charge in [0, 0.05) is 0 Å². The summed E-state index contributed by atoms with van der Waals surface area (Å²) in [5, 5.41) is 0. The minimum atomic E-state index is -0.393. The van der Waals surface area contributed by atoms with E-state index < -0.39 is 5.97 Å². The predicted molar refractivity (Wildman–Crippen MR) is 128 cm³/mol. The highest BCUT2D eigenvalue weighted by Crippen LogP contribution is 2.13. The summed E-state index contributed by atoms with van der Waals surface area (Å²) < 4.78 is 10.7. The molecule has 4 nitrogen and oxygen atoms in total. The second kappa shape index (κ2) is 17.8. The highest BCUT2D eigenvalue weighted by atomic mass is 16.5. The van der Waals surface area contributed by atoms with Crippen molar-refractivity contribution < 1.29 is 19.1 Å². The molecule has 0 bridgehead atoms. The molecule has 0 aliphatic carbocycles. The molecular formula is C27H44O4. The van der Waals surface area contributed by atoms with Gasteiger partial charge in [-0.2, -0.15) is 0 Å². The van der Waals surface area contributed by atoms with Crippen LogP contribution < -0.4 is 0 Å². The highest BCUT2D eigenvalue weighted by Gasteiger charge is 2.13. The van der Waals surface area contributed by atoms with Crippen LogP contribution in [0, 0.1) is 5.92 Å². The maximum absolute atomic E-state index is 12.3. The van der Waals surface area contributed by atoms with E-state index >= 15 is 0 Å². The number of carbonyl (C=O) groups excluding carboxylic acids is 2. The molecule has 1 aromatic rings.